The Balaban J connectivity index is 1.34. The zero-order chi connectivity index (χ0) is 29.6. The maximum atomic E-state index is 12.8. The van der Waals surface area contributed by atoms with Gasteiger partial charge in [-0.15, -0.1) is 0 Å². The minimum Gasteiger partial charge on any atom is -0.508 e. The van der Waals surface area contributed by atoms with Crippen molar-refractivity contribution in [2.24, 2.45) is 0 Å². The summed E-state index contributed by atoms with van der Waals surface area (Å²) >= 11 is 0. The molecule has 2 saturated heterocycles. The Morgan fingerprint density at radius 3 is 2.22 bits per heavy atom. The lowest BCUT2D eigenvalue weighted by Gasteiger charge is -2.43. The molecule has 9 N–H and O–H groups in total. The first-order chi connectivity index (χ1) is 19.5. The van der Waals surface area contributed by atoms with Crippen LogP contribution in [0.5, 0.6) is 23.0 Å². The number of hydrogen-bond donors (Lipinski definition) is 9. The Morgan fingerprint density at radius 2 is 1.54 bits per heavy atom. The van der Waals surface area contributed by atoms with Gasteiger partial charge in [0.05, 0.1) is 13.2 Å². The van der Waals surface area contributed by atoms with Gasteiger partial charge in [-0.1, -0.05) is 0 Å². The molecule has 3 unspecified atom stereocenters. The van der Waals surface area contributed by atoms with Crippen LogP contribution in [-0.4, -0.2) is 114 Å². The third-order valence-electron chi connectivity index (χ3n) is 6.90. The summed E-state index contributed by atoms with van der Waals surface area (Å²) in [5.74, 6) is -1.83. The highest BCUT2D eigenvalue weighted by molar-refractivity contribution is 5.88. The largest absolute Gasteiger partial charge is 0.508 e. The second-order valence-corrected chi connectivity index (χ2v) is 9.64. The van der Waals surface area contributed by atoms with Crippen LogP contribution in [-0.2, 0) is 14.2 Å². The average Bonchev–Trinajstić information content (AvgIpc) is 2.95. The maximum Gasteiger partial charge on any atom is 0.238 e. The third kappa shape index (κ3) is 5.42. The number of benzene rings is 2. The van der Waals surface area contributed by atoms with Crippen molar-refractivity contribution in [1.29, 1.82) is 0 Å². The summed E-state index contributed by atoms with van der Waals surface area (Å²) in [6, 6.07) is 7.64. The van der Waals surface area contributed by atoms with Crippen LogP contribution in [0.15, 0.2) is 45.6 Å². The highest BCUT2D eigenvalue weighted by Crippen LogP contribution is 2.36. The lowest BCUT2D eigenvalue weighted by atomic mass is 9.99. The van der Waals surface area contributed by atoms with Crippen molar-refractivity contribution < 1.29 is 69.3 Å². The van der Waals surface area contributed by atoms with Crippen molar-refractivity contribution in [3.63, 3.8) is 0 Å². The molecule has 2 aromatic carbocycles. The van der Waals surface area contributed by atoms with Gasteiger partial charge in [0.2, 0.25) is 17.5 Å². The number of hydrogen-bond acceptors (Lipinski definition) is 15. The predicted octanol–water partition coefficient (Wildman–Crippen LogP) is -1.78. The number of phenols is 2. The Bertz CT molecular complexity index is 1440. The van der Waals surface area contributed by atoms with Crippen LogP contribution in [0.4, 0.5) is 0 Å². The first-order valence-corrected chi connectivity index (χ1v) is 12.4. The lowest BCUT2D eigenvalue weighted by Crippen LogP contribution is -2.62. The molecular formula is C26H28O15. The molecule has 0 bridgehead atoms. The van der Waals surface area contributed by atoms with Crippen LogP contribution >= 0.6 is 0 Å². The van der Waals surface area contributed by atoms with Gasteiger partial charge in [0.15, 0.2) is 12.1 Å². The molecule has 15 heteroatoms. The maximum absolute atomic E-state index is 12.8. The Morgan fingerprint density at radius 1 is 0.854 bits per heavy atom. The zero-order valence-corrected chi connectivity index (χ0v) is 21.0. The molecule has 15 nitrogen and oxygen atoms in total. The minimum atomic E-state index is -1.75. The molecular weight excluding hydrogens is 552 g/mol. The topological polar surface area (TPSA) is 249 Å². The van der Waals surface area contributed by atoms with E-state index >= 15 is 0 Å². The van der Waals surface area contributed by atoms with Crippen LogP contribution in [0.25, 0.3) is 22.3 Å². The molecule has 0 radical (unpaired) electrons. The summed E-state index contributed by atoms with van der Waals surface area (Å²) < 4.78 is 27.4. The molecule has 0 saturated carbocycles. The molecule has 2 aliphatic rings. The van der Waals surface area contributed by atoms with E-state index in [0.29, 0.717) is 0 Å². The van der Waals surface area contributed by atoms with Gasteiger partial charge in [0.25, 0.3) is 0 Å². The molecule has 0 spiro atoms. The fourth-order valence-corrected chi connectivity index (χ4v) is 4.62. The van der Waals surface area contributed by atoms with E-state index < -0.39 is 85.4 Å². The van der Waals surface area contributed by atoms with E-state index in [4.69, 9.17) is 23.4 Å². The van der Waals surface area contributed by atoms with Gasteiger partial charge in [-0.3, -0.25) is 4.79 Å². The van der Waals surface area contributed by atoms with Crippen LogP contribution in [0.2, 0.25) is 0 Å². The number of aliphatic hydroxyl groups excluding tert-OH is 6. The molecule has 41 heavy (non-hydrogen) atoms. The van der Waals surface area contributed by atoms with Crippen LogP contribution in [0.3, 0.4) is 0 Å². The molecule has 0 aliphatic carbocycles. The molecule has 2 fully saturated rings. The quantitative estimate of drug-likeness (QED) is 0.156. The van der Waals surface area contributed by atoms with Crippen molar-refractivity contribution in [3.05, 3.63) is 46.6 Å². The number of phenolic OH excluding ortho intramolecular Hbond substituents is 2. The number of ether oxygens (including phenoxy) is 4. The summed E-state index contributed by atoms with van der Waals surface area (Å²) in [7, 11) is 0. The highest BCUT2D eigenvalue weighted by atomic mass is 16.7. The first kappa shape index (κ1) is 29.0. The number of rotatable bonds is 6. The Kier molecular flexibility index (Phi) is 8.06. The van der Waals surface area contributed by atoms with E-state index in [1.165, 1.54) is 30.3 Å². The lowest BCUT2D eigenvalue weighted by molar-refractivity contribution is -0.338. The zero-order valence-electron chi connectivity index (χ0n) is 21.0. The Hall–Kier alpha value is -3.51. The third-order valence-corrected chi connectivity index (χ3v) is 6.90. The van der Waals surface area contributed by atoms with Crippen molar-refractivity contribution in [2.75, 3.05) is 13.2 Å². The summed E-state index contributed by atoms with van der Waals surface area (Å²) in [6.45, 7) is -1.10. The Labute approximate surface area is 230 Å². The average molecular weight is 580 g/mol. The fraction of sp³-hybridized carbons (Fsp3) is 0.423. The number of aliphatic hydroxyl groups is 6. The number of aromatic hydroxyl groups is 3. The second-order valence-electron chi connectivity index (χ2n) is 9.64. The van der Waals surface area contributed by atoms with Gasteiger partial charge in [-0.25, -0.2) is 0 Å². The van der Waals surface area contributed by atoms with Gasteiger partial charge < -0.3 is 69.3 Å². The van der Waals surface area contributed by atoms with E-state index in [2.05, 4.69) is 0 Å². The van der Waals surface area contributed by atoms with E-state index in [-0.39, 0.29) is 33.8 Å². The molecule has 3 heterocycles. The molecule has 2 aliphatic heterocycles. The molecule has 9 atom stereocenters. The molecule has 5 rings (SSSR count). The van der Waals surface area contributed by atoms with Gasteiger partial charge in [-0.05, 0) is 24.3 Å². The van der Waals surface area contributed by atoms with E-state index in [1.54, 1.807) is 0 Å². The second kappa shape index (κ2) is 11.4. The van der Waals surface area contributed by atoms with Crippen molar-refractivity contribution in [3.8, 4) is 34.3 Å². The summed E-state index contributed by atoms with van der Waals surface area (Å²) in [5.41, 5.74) is -0.874. The SMILES string of the molecule is O=c1c(O)c(-c2ccc(O)cc2)oc2cc(O[C@@H]3OC[C@@H](O[C@@H]4OC(CO)[C@@H](O)[C@H](O)C4O)[C@H](O)C3O)cc(O)c12. The molecule has 1 aromatic heterocycles. The smallest absolute Gasteiger partial charge is 0.238 e. The monoisotopic (exact) mass is 580 g/mol. The van der Waals surface area contributed by atoms with Gasteiger partial charge in [-0.2, -0.15) is 0 Å². The minimum absolute atomic E-state index is 0.0567. The summed E-state index contributed by atoms with van der Waals surface area (Å²) in [4.78, 5) is 12.8. The van der Waals surface area contributed by atoms with Crippen molar-refractivity contribution >= 4 is 11.0 Å². The van der Waals surface area contributed by atoms with Crippen LogP contribution < -0.4 is 10.2 Å². The normalized spacial score (nSPS) is 32.2. The number of fused-ring (bicyclic) bond motifs is 1. The van der Waals surface area contributed by atoms with Gasteiger partial charge in [0, 0.05) is 17.7 Å². The molecule has 222 valence electrons. The summed E-state index contributed by atoms with van der Waals surface area (Å²) in [6.07, 6.45) is -14.2. The predicted molar refractivity (Wildman–Crippen MR) is 134 cm³/mol. The fourth-order valence-electron chi connectivity index (χ4n) is 4.62. The van der Waals surface area contributed by atoms with Crippen LogP contribution in [0.1, 0.15) is 0 Å². The molecule has 0 amide bonds. The summed E-state index contributed by atoms with van der Waals surface area (Å²) in [5, 5.41) is 90.6. The van der Waals surface area contributed by atoms with Gasteiger partial charge >= 0.3 is 0 Å². The van der Waals surface area contributed by atoms with Crippen LogP contribution in [0, 0.1) is 0 Å². The van der Waals surface area contributed by atoms with Crippen molar-refractivity contribution in [1.82, 2.24) is 0 Å². The van der Waals surface area contributed by atoms with Crippen molar-refractivity contribution in [2.45, 2.75) is 55.3 Å². The van der Waals surface area contributed by atoms with Gasteiger partial charge in [0.1, 0.15) is 70.9 Å². The molecule has 3 aromatic rings. The highest BCUT2D eigenvalue weighted by Gasteiger charge is 2.48. The van der Waals surface area contributed by atoms with E-state index in [0.717, 1.165) is 6.07 Å². The first-order valence-electron chi connectivity index (χ1n) is 12.4. The standard InChI is InChI=1S/C26H28O15/c27-7-14-17(30)20(33)23(36)26(40-14)41-15-8-37-25(22(35)18(15)31)38-11-5-12(29)16-13(6-11)39-24(21(34)19(16)32)9-1-3-10(28)4-2-9/h1-6,14-15,17-18,20,22-23,25-31,33-36H,7-8H2/t14?,15-,17-,18+,20+,22?,23?,25+,26+/m1/s1. The van der Waals surface area contributed by atoms with E-state index in [1.807, 2.05) is 0 Å². The van der Waals surface area contributed by atoms with E-state index in [9.17, 15) is 50.8 Å².